The number of carboxylic acid groups (broad SMARTS) is 1. The number of aliphatic carboxylic acids is 1. The van der Waals surface area contributed by atoms with Gasteiger partial charge in [-0.3, -0.25) is 4.79 Å². The van der Waals surface area contributed by atoms with Crippen LogP contribution >= 0.6 is 23.2 Å². The van der Waals surface area contributed by atoms with Crippen LogP contribution in [0.1, 0.15) is 25.7 Å². The Labute approximate surface area is 162 Å². The molecule has 0 aliphatic rings. The first-order valence-corrected chi connectivity index (χ1v) is 8.88. The lowest BCUT2D eigenvalue weighted by Gasteiger charge is -2.03. The highest BCUT2D eigenvalue weighted by Gasteiger charge is 2.15. The molecule has 0 aliphatic carbocycles. The van der Waals surface area contributed by atoms with Crippen LogP contribution in [0.15, 0.2) is 52.9 Å². The molecule has 0 aliphatic heterocycles. The molecule has 0 saturated carbocycles. The SMILES string of the molecule is CCCC(=O)O.Cc1nc(-c2ccccc2)c(-c2ccc(Cl)c(Cl)c2)o1. The maximum atomic E-state index is 9.60. The van der Waals surface area contributed by atoms with Crippen molar-refractivity contribution in [3.63, 3.8) is 0 Å². The van der Waals surface area contributed by atoms with E-state index < -0.39 is 5.97 Å². The number of aryl methyl sites for hydroxylation is 1. The molecule has 1 aromatic heterocycles. The predicted molar refractivity (Wildman–Crippen MR) is 105 cm³/mol. The average Bonchev–Trinajstić information content (AvgIpc) is 3.00. The lowest BCUT2D eigenvalue weighted by Crippen LogP contribution is -1.90. The van der Waals surface area contributed by atoms with E-state index in [4.69, 9.17) is 32.7 Å². The predicted octanol–water partition coefficient (Wildman–Crippen LogP) is 6.49. The molecule has 3 rings (SSSR count). The first kappa shape index (κ1) is 20.0. The van der Waals surface area contributed by atoms with Crippen LogP contribution in [0.4, 0.5) is 0 Å². The molecule has 26 heavy (non-hydrogen) atoms. The molecule has 136 valence electrons. The molecule has 0 bridgehead atoms. The van der Waals surface area contributed by atoms with Crippen molar-refractivity contribution in [1.82, 2.24) is 4.98 Å². The van der Waals surface area contributed by atoms with Gasteiger partial charge in [-0.1, -0.05) is 60.5 Å². The summed E-state index contributed by atoms with van der Waals surface area (Å²) in [5, 5.41) is 8.93. The van der Waals surface area contributed by atoms with Gasteiger partial charge in [0, 0.05) is 24.5 Å². The van der Waals surface area contributed by atoms with Gasteiger partial charge in [0.1, 0.15) is 5.69 Å². The zero-order chi connectivity index (χ0) is 19.1. The van der Waals surface area contributed by atoms with Crippen molar-refractivity contribution < 1.29 is 14.3 Å². The Hall–Kier alpha value is -2.30. The highest BCUT2D eigenvalue weighted by molar-refractivity contribution is 6.42. The quantitative estimate of drug-likeness (QED) is 0.551. The van der Waals surface area contributed by atoms with Gasteiger partial charge in [-0.05, 0) is 24.6 Å². The lowest BCUT2D eigenvalue weighted by atomic mass is 10.1. The van der Waals surface area contributed by atoms with Crippen LogP contribution in [0.5, 0.6) is 0 Å². The molecule has 4 nitrogen and oxygen atoms in total. The number of rotatable bonds is 4. The molecule has 6 heteroatoms. The molecule has 0 amide bonds. The number of carboxylic acids is 1. The zero-order valence-electron chi connectivity index (χ0n) is 14.5. The second kappa shape index (κ2) is 9.41. The Morgan fingerprint density at radius 3 is 2.31 bits per heavy atom. The molecule has 1 N–H and O–H groups in total. The summed E-state index contributed by atoms with van der Waals surface area (Å²) in [6.45, 7) is 3.67. The molecule has 1 heterocycles. The Kier molecular flexibility index (Phi) is 7.25. The lowest BCUT2D eigenvalue weighted by molar-refractivity contribution is -0.137. The maximum Gasteiger partial charge on any atom is 0.303 e. The summed E-state index contributed by atoms with van der Waals surface area (Å²) in [7, 11) is 0. The van der Waals surface area contributed by atoms with E-state index in [1.807, 2.05) is 50.2 Å². The highest BCUT2D eigenvalue weighted by Crippen LogP contribution is 2.35. The minimum absolute atomic E-state index is 0.292. The van der Waals surface area contributed by atoms with E-state index in [1.54, 1.807) is 12.1 Å². The summed E-state index contributed by atoms with van der Waals surface area (Å²) in [5.74, 6) is 0.606. The summed E-state index contributed by atoms with van der Waals surface area (Å²) < 4.78 is 5.74. The molecule has 0 saturated heterocycles. The highest BCUT2D eigenvalue weighted by atomic mass is 35.5. The largest absolute Gasteiger partial charge is 0.481 e. The van der Waals surface area contributed by atoms with Crippen LogP contribution in [0.25, 0.3) is 22.6 Å². The monoisotopic (exact) mass is 391 g/mol. The van der Waals surface area contributed by atoms with Gasteiger partial charge < -0.3 is 9.52 Å². The van der Waals surface area contributed by atoms with Gasteiger partial charge in [-0.2, -0.15) is 0 Å². The van der Waals surface area contributed by atoms with E-state index >= 15 is 0 Å². The second-order valence-corrected chi connectivity index (χ2v) is 6.36. The molecule has 2 aromatic carbocycles. The van der Waals surface area contributed by atoms with Gasteiger partial charge in [-0.25, -0.2) is 4.98 Å². The van der Waals surface area contributed by atoms with Crippen molar-refractivity contribution in [2.75, 3.05) is 0 Å². The Bertz CT molecular complexity index is 876. The summed E-state index contributed by atoms with van der Waals surface area (Å²) in [6, 6.07) is 15.3. The Morgan fingerprint density at radius 1 is 1.08 bits per heavy atom. The number of nitrogens with zero attached hydrogens (tertiary/aromatic N) is 1. The third-order valence-corrected chi connectivity index (χ3v) is 4.17. The fraction of sp³-hybridized carbons (Fsp3) is 0.200. The number of oxazole rings is 1. The van der Waals surface area contributed by atoms with Crippen LogP contribution in [-0.4, -0.2) is 16.1 Å². The van der Waals surface area contributed by atoms with Crippen LogP contribution in [-0.2, 0) is 4.79 Å². The number of halogens is 2. The summed E-state index contributed by atoms with van der Waals surface area (Å²) in [6.07, 6.45) is 1.02. The van der Waals surface area contributed by atoms with E-state index in [2.05, 4.69) is 4.98 Å². The first-order valence-electron chi connectivity index (χ1n) is 8.12. The molecule has 0 atom stereocenters. The molecular formula is C20H19Cl2NO3. The van der Waals surface area contributed by atoms with Crippen molar-refractivity contribution in [1.29, 1.82) is 0 Å². The average molecular weight is 392 g/mol. The molecule has 0 spiro atoms. The van der Waals surface area contributed by atoms with Crippen molar-refractivity contribution in [2.24, 2.45) is 0 Å². The van der Waals surface area contributed by atoms with Gasteiger partial charge in [-0.15, -0.1) is 0 Å². The van der Waals surface area contributed by atoms with Gasteiger partial charge >= 0.3 is 5.97 Å². The van der Waals surface area contributed by atoms with E-state index in [9.17, 15) is 4.79 Å². The molecule has 3 aromatic rings. The van der Waals surface area contributed by atoms with Crippen LogP contribution < -0.4 is 0 Å². The van der Waals surface area contributed by atoms with Crippen molar-refractivity contribution in [2.45, 2.75) is 26.7 Å². The molecule has 0 unspecified atom stereocenters. The second-order valence-electron chi connectivity index (χ2n) is 5.55. The topological polar surface area (TPSA) is 63.3 Å². The maximum absolute atomic E-state index is 9.60. The fourth-order valence-corrected chi connectivity index (χ4v) is 2.56. The molecule has 0 radical (unpaired) electrons. The van der Waals surface area contributed by atoms with Crippen LogP contribution in [0.2, 0.25) is 10.0 Å². The summed E-state index contributed by atoms with van der Waals surface area (Å²) >= 11 is 12.0. The number of carbonyl (C=O) groups is 1. The first-order chi connectivity index (χ1) is 12.4. The molecular weight excluding hydrogens is 373 g/mol. The van der Waals surface area contributed by atoms with Gasteiger partial charge in [0.2, 0.25) is 0 Å². The van der Waals surface area contributed by atoms with Crippen LogP contribution in [0.3, 0.4) is 0 Å². The third kappa shape index (κ3) is 5.35. The van der Waals surface area contributed by atoms with Crippen molar-refractivity contribution in [3.8, 4) is 22.6 Å². The standard InChI is InChI=1S/C16H11Cl2NO.C4H8O2/c1-10-19-15(11-5-3-2-4-6-11)16(20-10)12-7-8-13(17)14(18)9-12;1-2-3-4(5)6/h2-9H,1H3;2-3H2,1H3,(H,5,6). The van der Waals surface area contributed by atoms with E-state index in [-0.39, 0.29) is 0 Å². The number of benzene rings is 2. The van der Waals surface area contributed by atoms with E-state index in [1.165, 1.54) is 0 Å². The smallest absolute Gasteiger partial charge is 0.303 e. The van der Waals surface area contributed by atoms with Gasteiger partial charge in [0.25, 0.3) is 0 Å². The Morgan fingerprint density at radius 2 is 1.77 bits per heavy atom. The normalized spacial score (nSPS) is 10.2. The summed E-state index contributed by atoms with van der Waals surface area (Å²) in [5.41, 5.74) is 2.67. The van der Waals surface area contributed by atoms with Gasteiger partial charge in [0.05, 0.1) is 10.0 Å². The summed E-state index contributed by atoms with van der Waals surface area (Å²) in [4.78, 5) is 14.1. The Balaban J connectivity index is 0.000000352. The van der Waals surface area contributed by atoms with Gasteiger partial charge in [0.15, 0.2) is 11.7 Å². The van der Waals surface area contributed by atoms with Crippen molar-refractivity contribution >= 4 is 29.2 Å². The van der Waals surface area contributed by atoms with Crippen LogP contribution in [0, 0.1) is 6.92 Å². The van der Waals surface area contributed by atoms with E-state index in [0.717, 1.165) is 23.2 Å². The minimum Gasteiger partial charge on any atom is -0.481 e. The number of hydrogen-bond donors (Lipinski definition) is 1. The van der Waals surface area contributed by atoms with Crippen molar-refractivity contribution in [3.05, 3.63) is 64.5 Å². The minimum atomic E-state index is -0.711. The fourth-order valence-electron chi connectivity index (χ4n) is 2.27. The molecule has 0 fully saturated rings. The number of hydrogen-bond acceptors (Lipinski definition) is 3. The third-order valence-electron chi connectivity index (χ3n) is 3.43. The van der Waals surface area contributed by atoms with E-state index in [0.29, 0.717) is 28.1 Å². The number of aromatic nitrogens is 1. The zero-order valence-corrected chi connectivity index (χ0v) is 16.0.